The van der Waals surface area contributed by atoms with Crippen LogP contribution in [0.4, 0.5) is 5.69 Å². The number of amidine groups is 1. The van der Waals surface area contributed by atoms with E-state index in [4.69, 9.17) is 9.84 Å². The number of nitrogens with one attached hydrogen (secondary N) is 1. The molecule has 2 aromatic rings. The molecule has 0 saturated carbocycles. The quantitative estimate of drug-likeness (QED) is 0.514. The van der Waals surface area contributed by atoms with E-state index >= 15 is 0 Å². The molecule has 3 rings (SSSR count). The molecule has 154 valence electrons. The van der Waals surface area contributed by atoms with Crippen LogP contribution in [0.5, 0.6) is 5.75 Å². The van der Waals surface area contributed by atoms with Gasteiger partial charge in [0, 0.05) is 5.56 Å². The van der Waals surface area contributed by atoms with E-state index in [0.29, 0.717) is 39.1 Å². The van der Waals surface area contributed by atoms with Crippen molar-refractivity contribution >= 4 is 46.4 Å². The Morgan fingerprint density at radius 3 is 2.60 bits per heavy atom. The Bertz CT molecular complexity index is 1040. The number of ketones is 1. The second-order valence-electron chi connectivity index (χ2n) is 6.51. The highest BCUT2D eigenvalue weighted by molar-refractivity contribution is 8.18. The maximum Gasteiger partial charge on any atom is 0.344 e. The lowest BCUT2D eigenvalue weighted by atomic mass is 10.1. The molecule has 0 aliphatic carbocycles. The molecule has 1 saturated heterocycles. The number of carbonyl (C=O) groups is 3. The van der Waals surface area contributed by atoms with Crippen molar-refractivity contribution in [2.75, 3.05) is 0 Å². The van der Waals surface area contributed by atoms with Gasteiger partial charge in [0.1, 0.15) is 5.75 Å². The predicted octanol–water partition coefficient (Wildman–Crippen LogP) is 4.02. The lowest BCUT2D eigenvalue weighted by Crippen LogP contribution is -2.25. The highest BCUT2D eigenvalue weighted by Gasteiger charge is 2.24. The van der Waals surface area contributed by atoms with Crippen molar-refractivity contribution in [1.82, 2.24) is 5.32 Å². The van der Waals surface area contributed by atoms with Crippen molar-refractivity contribution in [2.45, 2.75) is 26.4 Å². The average Bonchev–Trinajstić information content (AvgIpc) is 3.05. The van der Waals surface area contributed by atoms with Crippen LogP contribution in [0, 0.1) is 0 Å². The van der Waals surface area contributed by atoms with Gasteiger partial charge in [-0.05, 0) is 73.1 Å². The first kappa shape index (κ1) is 21.3. The molecule has 2 N–H and O–H groups in total. The molecule has 7 nitrogen and oxygen atoms in total. The van der Waals surface area contributed by atoms with Crippen LogP contribution < -0.4 is 10.1 Å². The number of rotatable bonds is 7. The molecule has 1 fully saturated rings. The van der Waals surface area contributed by atoms with Gasteiger partial charge in [0.05, 0.1) is 10.6 Å². The maximum atomic E-state index is 12.3. The molecular formula is C22H20N2O5S. The van der Waals surface area contributed by atoms with Crippen molar-refractivity contribution in [3.63, 3.8) is 0 Å². The maximum absolute atomic E-state index is 12.3. The molecule has 1 unspecified atom stereocenters. The van der Waals surface area contributed by atoms with E-state index in [9.17, 15) is 14.4 Å². The first-order chi connectivity index (χ1) is 14.4. The first-order valence-corrected chi connectivity index (χ1v) is 10.1. The summed E-state index contributed by atoms with van der Waals surface area (Å²) < 4.78 is 5.50. The molecule has 0 spiro atoms. The number of ether oxygens (including phenoxy) is 1. The van der Waals surface area contributed by atoms with E-state index in [-0.39, 0.29) is 11.7 Å². The van der Waals surface area contributed by atoms with Crippen molar-refractivity contribution in [2.24, 2.45) is 4.99 Å². The average molecular weight is 424 g/mol. The molecule has 2 aromatic carbocycles. The van der Waals surface area contributed by atoms with Crippen LogP contribution in [0.2, 0.25) is 0 Å². The molecule has 0 bridgehead atoms. The molecule has 1 atom stereocenters. The lowest BCUT2D eigenvalue weighted by molar-refractivity contribution is -0.145. The second-order valence-corrected chi connectivity index (χ2v) is 7.54. The Morgan fingerprint density at radius 1 is 1.23 bits per heavy atom. The number of hydrogen-bond acceptors (Lipinski definition) is 6. The van der Waals surface area contributed by atoms with Crippen LogP contribution in [0.25, 0.3) is 6.08 Å². The highest BCUT2D eigenvalue weighted by Crippen LogP contribution is 2.29. The van der Waals surface area contributed by atoms with Crippen molar-refractivity contribution in [1.29, 1.82) is 0 Å². The summed E-state index contributed by atoms with van der Waals surface area (Å²) in [4.78, 5) is 39.6. The number of benzene rings is 2. The standard InChI is InChI=1S/C22H20N2O5S/c1-3-18(21(27)28)29-17-6-4-5-14(11-17)12-19-20(26)24-22(30-19)23-16-9-7-15(8-10-16)13(2)25/h4-12,18H,3H2,1-2H3,(H,27,28)(H,23,24,26)/b19-12+. The number of carbonyl (C=O) groups excluding carboxylic acids is 2. The van der Waals surface area contributed by atoms with E-state index in [1.807, 2.05) is 0 Å². The zero-order chi connectivity index (χ0) is 21.7. The van der Waals surface area contributed by atoms with Crippen molar-refractivity contribution in [3.05, 3.63) is 64.6 Å². The summed E-state index contributed by atoms with van der Waals surface area (Å²) >= 11 is 1.20. The highest BCUT2D eigenvalue weighted by atomic mass is 32.2. The Kier molecular flexibility index (Phi) is 6.68. The van der Waals surface area contributed by atoms with E-state index in [0.717, 1.165) is 0 Å². The smallest absolute Gasteiger partial charge is 0.344 e. The van der Waals surface area contributed by atoms with Gasteiger partial charge in [-0.15, -0.1) is 0 Å². The fourth-order valence-corrected chi connectivity index (χ4v) is 3.51. The van der Waals surface area contributed by atoms with Gasteiger partial charge in [-0.3, -0.25) is 9.59 Å². The minimum atomic E-state index is -1.02. The SMILES string of the molecule is CCC(Oc1cccc(/C=C2/SC(=Nc3ccc(C(C)=O)cc3)NC2=O)c1)C(=O)O. The Balaban J connectivity index is 1.75. The van der Waals surface area contributed by atoms with Crippen LogP contribution in [-0.2, 0) is 9.59 Å². The number of Topliss-reactive ketones (excluding diaryl/α,β-unsaturated/α-hetero) is 1. The third kappa shape index (κ3) is 5.36. The summed E-state index contributed by atoms with van der Waals surface area (Å²) in [5, 5.41) is 12.3. The molecule has 1 aliphatic rings. The summed E-state index contributed by atoms with van der Waals surface area (Å²) in [6.45, 7) is 3.23. The monoisotopic (exact) mass is 424 g/mol. The molecule has 1 aliphatic heterocycles. The number of hydrogen-bond donors (Lipinski definition) is 2. The molecule has 1 amide bonds. The fourth-order valence-electron chi connectivity index (χ4n) is 2.67. The summed E-state index contributed by atoms with van der Waals surface area (Å²) in [6, 6.07) is 13.7. The zero-order valence-corrected chi connectivity index (χ0v) is 17.2. The van der Waals surface area contributed by atoms with Gasteiger partial charge < -0.3 is 15.2 Å². The predicted molar refractivity (Wildman–Crippen MR) is 116 cm³/mol. The van der Waals surface area contributed by atoms with Gasteiger partial charge in [-0.2, -0.15) is 0 Å². The fraction of sp³-hybridized carbons (Fsp3) is 0.182. The van der Waals surface area contributed by atoms with Crippen molar-refractivity contribution in [3.8, 4) is 5.75 Å². The summed E-state index contributed by atoms with van der Waals surface area (Å²) in [6.07, 6.45) is 1.10. The first-order valence-electron chi connectivity index (χ1n) is 9.26. The minimum absolute atomic E-state index is 0.0252. The third-order valence-corrected chi connectivity index (χ3v) is 5.15. The van der Waals surface area contributed by atoms with E-state index in [1.165, 1.54) is 18.7 Å². The van der Waals surface area contributed by atoms with Crippen LogP contribution in [-0.4, -0.2) is 34.0 Å². The number of aliphatic carboxylic acids is 1. The van der Waals surface area contributed by atoms with Gasteiger partial charge >= 0.3 is 5.97 Å². The van der Waals surface area contributed by atoms with E-state index < -0.39 is 12.1 Å². The number of aliphatic imine (C=N–C) groups is 1. The van der Waals surface area contributed by atoms with Gasteiger partial charge in [0.2, 0.25) is 0 Å². The third-order valence-electron chi connectivity index (χ3n) is 4.24. The van der Waals surface area contributed by atoms with Gasteiger partial charge in [0.15, 0.2) is 17.1 Å². The van der Waals surface area contributed by atoms with Crippen LogP contribution >= 0.6 is 11.8 Å². The summed E-state index contributed by atoms with van der Waals surface area (Å²) in [5.41, 5.74) is 1.93. The van der Waals surface area contributed by atoms with E-state index in [2.05, 4.69) is 10.3 Å². The second kappa shape index (κ2) is 9.41. The number of nitrogens with zero attached hydrogens (tertiary/aromatic N) is 1. The normalized spacial score (nSPS) is 17.1. The summed E-state index contributed by atoms with van der Waals surface area (Å²) in [7, 11) is 0. The number of amides is 1. The van der Waals surface area contributed by atoms with Gasteiger partial charge in [-0.1, -0.05) is 19.1 Å². The Morgan fingerprint density at radius 2 is 1.97 bits per heavy atom. The Hall–Kier alpha value is -3.39. The lowest BCUT2D eigenvalue weighted by Gasteiger charge is -2.13. The van der Waals surface area contributed by atoms with E-state index in [1.54, 1.807) is 61.5 Å². The largest absolute Gasteiger partial charge is 0.479 e. The molecule has 1 heterocycles. The Labute approximate surface area is 177 Å². The number of carboxylic acids is 1. The zero-order valence-electron chi connectivity index (χ0n) is 16.4. The van der Waals surface area contributed by atoms with Crippen molar-refractivity contribution < 1.29 is 24.2 Å². The topological polar surface area (TPSA) is 105 Å². The van der Waals surface area contributed by atoms with Gasteiger partial charge in [-0.25, -0.2) is 9.79 Å². The number of carboxylic acid groups (broad SMARTS) is 1. The molecule has 0 radical (unpaired) electrons. The molecule has 8 heteroatoms. The number of thioether (sulfide) groups is 1. The van der Waals surface area contributed by atoms with Crippen LogP contribution in [0.3, 0.4) is 0 Å². The van der Waals surface area contributed by atoms with Crippen LogP contribution in [0.1, 0.15) is 36.2 Å². The van der Waals surface area contributed by atoms with Gasteiger partial charge in [0.25, 0.3) is 5.91 Å². The molecule has 30 heavy (non-hydrogen) atoms. The molecular weight excluding hydrogens is 404 g/mol. The van der Waals surface area contributed by atoms with Crippen LogP contribution in [0.15, 0.2) is 58.4 Å². The molecule has 0 aromatic heterocycles. The summed E-state index contributed by atoms with van der Waals surface area (Å²) in [5.74, 6) is -0.907. The minimum Gasteiger partial charge on any atom is -0.479 e.